The van der Waals surface area contributed by atoms with Gasteiger partial charge in [-0.05, 0) is 25.1 Å². The maximum absolute atomic E-state index is 13.4. The topological polar surface area (TPSA) is 55.4 Å². The summed E-state index contributed by atoms with van der Waals surface area (Å²) < 4.78 is 18.7. The van der Waals surface area contributed by atoms with Crippen LogP contribution in [0.15, 0.2) is 48.5 Å². The van der Waals surface area contributed by atoms with Crippen molar-refractivity contribution in [2.75, 3.05) is 6.54 Å². The van der Waals surface area contributed by atoms with Crippen LogP contribution in [0.3, 0.4) is 0 Å². The second-order valence-corrected chi connectivity index (χ2v) is 5.22. The summed E-state index contributed by atoms with van der Waals surface area (Å²) in [5.41, 5.74) is 0.544. The van der Waals surface area contributed by atoms with Crippen molar-refractivity contribution in [1.29, 1.82) is 0 Å². The standard InChI is InChI=1S/C17H15ClFNO3/c1-11(12-6-2-4-8-14(12)18)23-16(21)10-20-17(22)13-7-3-5-9-15(13)19/h2-9,11H,10H2,1H3,(H,20,22)/t11-/m0/s1. The van der Waals surface area contributed by atoms with Gasteiger partial charge >= 0.3 is 5.97 Å². The van der Waals surface area contributed by atoms with Gasteiger partial charge in [0.2, 0.25) is 0 Å². The number of nitrogens with one attached hydrogen (secondary N) is 1. The Morgan fingerprint density at radius 3 is 2.52 bits per heavy atom. The minimum absolute atomic E-state index is 0.126. The zero-order valence-electron chi connectivity index (χ0n) is 12.4. The van der Waals surface area contributed by atoms with Crippen molar-refractivity contribution in [2.24, 2.45) is 0 Å². The first-order valence-electron chi connectivity index (χ1n) is 6.95. The number of amides is 1. The highest BCUT2D eigenvalue weighted by molar-refractivity contribution is 6.31. The zero-order chi connectivity index (χ0) is 16.8. The van der Waals surface area contributed by atoms with E-state index in [0.717, 1.165) is 0 Å². The molecule has 1 atom stereocenters. The quantitative estimate of drug-likeness (QED) is 0.851. The van der Waals surface area contributed by atoms with Crippen molar-refractivity contribution in [3.8, 4) is 0 Å². The van der Waals surface area contributed by atoms with Crippen LogP contribution in [-0.4, -0.2) is 18.4 Å². The Morgan fingerprint density at radius 2 is 1.83 bits per heavy atom. The Balaban J connectivity index is 1.89. The Hall–Kier alpha value is -2.40. The molecule has 0 fully saturated rings. The third-order valence-electron chi connectivity index (χ3n) is 3.16. The van der Waals surface area contributed by atoms with Crippen molar-refractivity contribution in [1.82, 2.24) is 5.32 Å². The summed E-state index contributed by atoms with van der Waals surface area (Å²) in [4.78, 5) is 23.6. The van der Waals surface area contributed by atoms with Crippen LogP contribution in [-0.2, 0) is 9.53 Å². The Bertz CT molecular complexity index is 720. The molecule has 2 aromatic carbocycles. The highest BCUT2D eigenvalue weighted by atomic mass is 35.5. The molecule has 0 radical (unpaired) electrons. The highest BCUT2D eigenvalue weighted by Crippen LogP contribution is 2.24. The molecule has 0 heterocycles. The number of hydrogen-bond donors (Lipinski definition) is 1. The smallest absolute Gasteiger partial charge is 0.326 e. The van der Waals surface area contributed by atoms with Crippen molar-refractivity contribution in [3.63, 3.8) is 0 Å². The van der Waals surface area contributed by atoms with Crippen LogP contribution in [0.25, 0.3) is 0 Å². The van der Waals surface area contributed by atoms with Crippen LogP contribution in [0, 0.1) is 5.82 Å². The molecule has 6 heteroatoms. The van der Waals surface area contributed by atoms with E-state index in [2.05, 4.69) is 5.32 Å². The monoisotopic (exact) mass is 335 g/mol. The summed E-state index contributed by atoms with van der Waals surface area (Å²) in [7, 11) is 0. The summed E-state index contributed by atoms with van der Waals surface area (Å²) in [6, 6.07) is 12.5. The predicted molar refractivity (Wildman–Crippen MR) is 84.7 cm³/mol. The van der Waals surface area contributed by atoms with Crippen LogP contribution in [0.5, 0.6) is 0 Å². The molecule has 0 unspecified atom stereocenters. The third-order valence-corrected chi connectivity index (χ3v) is 3.51. The largest absolute Gasteiger partial charge is 0.456 e. The SMILES string of the molecule is C[C@H](OC(=O)CNC(=O)c1ccccc1F)c1ccccc1Cl. The first kappa shape index (κ1) is 17.0. The van der Waals surface area contributed by atoms with Crippen molar-refractivity contribution in [2.45, 2.75) is 13.0 Å². The molecule has 4 nitrogen and oxygen atoms in total. The molecular weight excluding hydrogens is 321 g/mol. The van der Waals surface area contributed by atoms with Crippen LogP contribution >= 0.6 is 11.6 Å². The van der Waals surface area contributed by atoms with Gasteiger partial charge in [-0.15, -0.1) is 0 Å². The van der Waals surface area contributed by atoms with E-state index in [1.807, 2.05) is 0 Å². The van der Waals surface area contributed by atoms with Crippen molar-refractivity contribution >= 4 is 23.5 Å². The first-order chi connectivity index (χ1) is 11.0. The fourth-order valence-corrected chi connectivity index (χ4v) is 2.29. The van der Waals surface area contributed by atoms with Gasteiger partial charge in [-0.1, -0.05) is 41.9 Å². The van der Waals surface area contributed by atoms with Crippen LogP contribution in [0.2, 0.25) is 5.02 Å². The van der Waals surface area contributed by atoms with E-state index in [1.54, 1.807) is 31.2 Å². The molecule has 0 spiro atoms. The summed E-state index contributed by atoms with van der Waals surface area (Å²) in [5.74, 6) is -1.96. The molecule has 0 saturated carbocycles. The number of ether oxygens (including phenoxy) is 1. The molecule has 0 aromatic heterocycles. The summed E-state index contributed by atoms with van der Waals surface area (Å²) in [6.07, 6.45) is -0.554. The fraction of sp³-hybridized carbons (Fsp3) is 0.176. The summed E-state index contributed by atoms with van der Waals surface area (Å²) in [6.45, 7) is 1.32. The lowest BCUT2D eigenvalue weighted by Gasteiger charge is -2.15. The second kappa shape index (κ2) is 7.74. The minimum atomic E-state index is -0.676. The Labute approximate surface area is 138 Å². The maximum atomic E-state index is 13.4. The second-order valence-electron chi connectivity index (χ2n) is 4.82. The fourth-order valence-electron chi connectivity index (χ4n) is 2.00. The van der Waals surface area contributed by atoms with Gasteiger partial charge < -0.3 is 10.1 Å². The van der Waals surface area contributed by atoms with Crippen molar-refractivity contribution < 1.29 is 18.7 Å². The molecule has 0 bridgehead atoms. The third kappa shape index (κ3) is 4.53. The molecule has 0 aliphatic heterocycles. The molecule has 2 rings (SSSR count). The Morgan fingerprint density at radius 1 is 1.17 bits per heavy atom. The van der Waals surface area contributed by atoms with E-state index in [1.165, 1.54) is 24.3 Å². The van der Waals surface area contributed by atoms with Gasteiger partial charge in [0, 0.05) is 10.6 Å². The minimum Gasteiger partial charge on any atom is -0.456 e. The molecule has 0 aliphatic carbocycles. The van der Waals surface area contributed by atoms with Crippen LogP contribution in [0.1, 0.15) is 28.9 Å². The number of carbonyl (C=O) groups excluding carboxylic acids is 2. The molecule has 2 aromatic rings. The number of benzene rings is 2. The number of hydrogen-bond acceptors (Lipinski definition) is 3. The average Bonchev–Trinajstić information content (AvgIpc) is 2.53. The molecule has 1 N–H and O–H groups in total. The zero-order valence-corrected chi connectivity index (χ0v) is 13.1. The van der Waals surface area contributed by atoms with Gasteiger partial charge in [-0.25, -0.2) is 4.39 Å². The lowest BCUT2D eigenvalue weighted by molar-refractivity contribution is -0.147. The average molecular weight is 336 g/mol. The summed E-state index contributed by atoms with van der Waals surface area (Å²) in [5, 5.41) is 2.81. The van der Waals surface area contributed by atoms with E-state index in [9.17, 15) is 14.0 Å². The number of halogens is 2. The number of esters is 1. The Kier molecular flexibility index (Phi) is 5.71. The normalized spacial score (nSPS) is 11.6. The molecule has 120 valence electrons. The number of rotatable bonds is 5. The predicted octanol–water partition coefficient (Wildman–Crippen LogP) is 3.51. The van der Waals surface area contributed by atoms with E-state index >= 15 is 0 Å². The van der Waals surface area contributed by atoms with Crippen LogP contribution < -0.4 is 5.32 Å². The van der Waals surface area contributed by atoms with Gasteiger partial charge in [0.05, 0.1) is 5.56 Å². The van der Waals surface area contributed by atoms with Crippen LogP contribution in [0.4, 0.5) is 4.39 Å². The molecule has 0 saturated heterocycles. The molecule has 0 aliphatic rings. The van der Waals surface area contributed by atoms with Crippen molar-refractivity contribution in [3.05, 3.63) is 70.5 Å². The lowest BCUT2D eigenvalue weighted by atomic mass is 10.1. The lowest BCUT2D eigenvalue weighted by Crippen LogP contribution is -2.31. The van der Waals surface area contributed by atoms with Gasteiger partial charge in [0.15, 0.2) is 0 Å². The molecule has 23 heavy (non-hydrogen) atoms. The van der Waals surface area contributed by atoms with E-state index < -0.39 is 23.8 Å². The molecule has 1 amide bonds. The van der Waals surface area contributed by atoms with Gasteiger partial charge in [0.1, 0.15) is 18.5 Å². The van der Waals surface area contributed by atoms with E-state index in [0.29, 0.717) is 10.6 Å². The van der Waals surface area contributed by atoms with E-state index in [-0.39, 0.29) is 12.1 Å². The maximum Gasteiger partial charge on any atom is 0.326 e. The highest BCUT2D eigenvalue weighted by Gasteiger charge is 2.16. The first-order valence-corrected chi connectivity index (χ1v) is 7.33. The summed E-state index contributed by atoms with van der Waals surface area (Å²) >= 11 is 6.02. The number of carbonyl (C=O) groups is 2. The van der Waals surface area contributed by atoms with Gasteiger partial charge in [-0.2, -0.15) is 0 Å². The molecular formula is C17H15ClFNO3. The van der Waals surface area contributed by atoms with Gasteiger partial charge in [-0.3, -0.25) is 9.59 Å². The van der Waals surface area contributed by atoms with Gasteiger partial charge in [0.25, 0.3) is 5.91 Å². The van der Waals surface area contributed by atoms with E-state index in [4.69, 9.17) is 16.3 Å².